The van der Waals surface area contributed by atoms with Crippen LogP contribution in [-0.4, -0.2) is 18.0 Å². The molecule has 0 aromatic heterocycles. The van der Waals surface area contributed by atoms with Gasteiger partial charge in [-0.25, -0.2) is 0 Å². The summed E-state index contributed by atoms with van der Waals surface area (Å²) >= 11 is 6.20. The second-order valence-electron chi connectivity index (χ2n) is 5.78. The van der Waals surface area contributed by atoms with Gasteiger partial charge in [-0.15, -0.1) is 0 Å². The van der Waals surface area contributed by atoms with Gasteiger partial charge in [-0.05, 0) is 32.8 Å². The molecule has 3 nitrogen and oxygen atoms in total. The van der Waals surface area contributed by atoms with Crippen LogP contribution in [0.15, 0.2) is 24.3 Å². The molecule has 0 radical (unpaired) electrons. The second-order valence-corrected chi connectivity index (χ2v) is 6.19. The van der Waals surface area contributed by atoms with Crippen LogP contribution in [0.5, 0.6) is 0 Å². The van der Waals surface area contributed by atoms with E-state index in [0.717, 1.165) is 23.4 Å². The lowest BCUT2D eigenvalue weighted by molar-refractivity contribution is -0.710. The Hall–Kier alpha value is -1.06. The van der Waals surface area contributed by atoms with Crippen LogP contribution in [0.1, 0.15) is 51.1 Å². The van der Waals surface area contributed by atoms with E-state index >= 15 is 0 Å². The first-order valence-electron chi connectivity index (χ1n) is 7.47. The molecule has 2 atom stereocenters. The highest BCUT2D eigenvalue weighted by Crippen LogP contribution is 2.20. The number of amides is 1. The van der Waals surface area contributed by atoms with Gasteiger partial charge in [-0.1, -0.05) is 42.6 Å². The Morgan fingerprint density at radius 3 is 2.60 bits per heavy atom. The van der Waals surface area contributed by atoms with Crippen molar-refractivity contribution in [1.29, 1.82) is 0 Å². The summed E-state index contributed by atoms with van der Waals surface area (Å²) in [6, 6.07) is 8.28. The van der Waals surface area contributed by atoms with Crippen molar-refractivity contribution in [3.05, 3.63) is 34.9 Å². The summed E-state index contributed by atoms with van der Waals surface area (Å²) in [5.41, 5.74) is 1.08. The number of nitrogens with two attached hydrogens (primary N) is 1. The molecule has 0 spiro atoms. The third-order valence-corrected chi connectivity index (χ3v) is 4.43. The SMILES string of the molecule is C[C@H]([NH2+][C@@H](C)c1ccccc1Cl)C(=O)NC1CCCC1. The van der Waals surface area contributed by atoms with E-state index in [4.69, 9.17) is 11.6 Å². The lowest BCUT2D eigenvalue weighted by Crippen LogP contribution is -2.92. The number of carbonyl (C=O) groups is 1. The molecule has 0 saturated heterocycles. The fourth-order valence-corrected chi connectivity index (χ4v) is 3.18. The zero-order chi connectivity index (χ0) is 14.5. The van der Waals surface area contributed by atoms with Gasteiger partial charge < -0.3 is 10.6 Å². The minimum Gasteiger partial charge on any atom is -0.348 e. The summed E-state index contributed by atoms with van der Waals surface area (Å²) in [6.45, 7) is 4.04. The van der Waals surface area contributed by atoms with E-state index in [2.05, 4.69) is 17.6 Å². The molecule has 0 bridgehead atoms. The summed E-state index contributed by atoms with van der Waals surface area (Å²) in [4.78, 5) is 12.2. The van der Waals surface area contributed by atoms with Crippen LogP contribution >= 0.6 is 11.6 Å². The maximum atomic E-state index is 12.2. The number of hydrogen-bond donors (Lipinski definition) is 2. The molecular weight excluding hydrogens is 272 g/mol. The largest absolute Gasteiger partial charge is 0.348 e. The molecule has 1 amide bonds. The van der Waals surface area contributed by atoms with Crippen molar-refractivity contribution < 1.29 is 10.1 Å². The molecule has 2 rings (SSSR count). The van der Waals surface area contributed by atoms with Crippen LogP contribution in [0.3, 0.4) is 0 Å². The maximum absolute atomic E-state index is 12.2. The van der Waals surface area contributed by atoms with Crippen molar-refractivity contribution >= 4 is 17.5 Å². The topological polar surface area (TPSA) is 45.7 Å². The minimum atomic E-state index is -0.0955. The van der Waals surface area contributed by atoms with Crippen molar-refractivity contribution in [2.75, 3.05) is 0 Å². The Balaban J connectivity index is 1.88. The Kier molecular flexibility index (Phi) is 5.44. The van der Waals surface area contributed by atoms with Gasteiger partial charge in [0.15, 0.2) is 6.04 Å². The van der Waals surface area contributed by atoms with Crippen molar-refractivity contribution in [3.63, 3.8) is 0 Å². The van der Waals surface area contributed by atoms with Crippen molar-refractivity contribution in [2.24, 2.45) is 0 Å². The van der Waals surface area contributed by atoms with Gasteiger partial charge in [0.1, 0.15) is 6.04 Å². The molecule has 110 valence electrons. The van der Waals surface area contributed by atoms with Crippen LogP contribution < -0.4 is 10.6 Å². The fraction of sp³-hybridized carbons (Fsp3) is 0.562. The van der Waals surface area contributed by atoms with E-state index in [1.807, 2.05) is 31.2 Å². The highest BCUT2D eigenvalue weighted by molar-refractivity contribution is 6.31. The van der Waals surface area contributed by atoms with Gasteiger partial charge in [0, 0.05) is 16.6 Å². The first-order valence-corrected chi connectivity index (χ1v) is 7.85. The van der Waals surface area contributed by atoms with Crippen LogP contribution in [0.4, 0.5) is 0 Å². The van der Waals surface area contributed by atoms with Gasteiger partial charge in [0.2, 0.25) is 0 Å². The first kappa shape index (κ1) is 15.3. The minimum absolute atomic E-state index is 0.0955. The monoisotopic (exact) mass is 295 g/mol. The second kappa shape index (κ2) is 7.09. The van der Waals surface area contributed by atoms with Gasteiger partial charge in [-0.2, -0.15) is 0 Å². The first-order chi connectivity index (χ1) is 9.58. The van der Waals surface area contributed by atoms with Crippen LogP contribution in [0.25, 0.3) is 0 Å². The lowest BCUT2D eigenvalue weighted by atomic mass is 10.1. The van der Waals surface area contributed by atoms with Crippen LogP contribution in [0, 0.1) is 0 Å². The summed E-state index contributed by atoms with van der Waals surface area (Å²) in [7, 11) is 0. The molecule has 1 aliphatic carbocycles. The molecule has 0 heterocycles. The van der Waals surface area contributed by atoms with E-state index in [9.17, 15) is 4.79 Å². The molecule has 0 unspecified atom stereocenters. The zero-order valence-corrected chi connectivity index (χ0v) is 13.0. The number of rotatable bonds is 5. The Morgan fingerprint density at radius 2 is 1.95 bits per heavy atom. The molecule has 20 heavy (non-hydrogen) atoms. The van der Waals surface area contributed by atoms with E-state index < -0.39 is 0 Å². The van der Waals surface area contributed by atoms with Gasteiger partial charge in [-0.3, -0.25) is 4.79 Å². The molecule has 3 N–H and O–H groups in total. The average Bonchev–Trinajstić information content (AvgIpc) is 2.91. The molecular formula is C16H24ClN2O+. The van der Waals surface area contributed by atoms with Crippen molar-refractivity contribution in [3.8, 4) is 0 Å². The summed E-state index contributed by atoms with van der Waals surface area (Å²) in [5.74, 6) is 0.135. The number of carbonyl (C=O) groups excluding carboxylic acids is 1. The molecule has 4 heteroatoms. The summed E-state index contributed by atoms with van der Waals surface area (Å²) < 4.78 is 0. The molecule has 1 fully saturated rings. The number of hydrogen-bond acceptors (Lipinski definition) is 1. The Labute approximate surface area is 126 Å². The van der Waals surface area contributed by atoms with Gasteiger partial charge in [0.05, 0.1) is 0 Å². The summed E-state index contributed by atoms with van der Waals surface area (Å²) in [6.07, 6.45) is 4.72. The highest BCUT2D eigenvalue weighted by Gasteiger charge is 2.24. The van der Waals surface area contributed by atoms with E-state index in [1.165, 1.54) is 12.8 Å². The van der Waals surface area contributed by atoms with E-state index in [0.29, 0.717) is 6.04 Å². The molecule has 1 aliphatic rings. The molecule has 1 aromatic rings. The lowest BCUT2D eigenvalue weighted by Gasteiger charge is -2.19. The zero-order valence-electron chi connectivity index (χ0n) is 12.2. The Morgan fingerprint density at radius 1 is 1.30 bits per heavy atom. The quantitative estimate of drug-likeness (QED) is 0.861. The van der Waals surface area contributed by atoms with Crippen LogP contribution in [-0.2, 0) is 4.79 Å². The average molecular weight is 296 g/mol. The predicted molar refractivity (Wildman–Crippen MR) is 81.7 cm³/mol. The van der Waals surface area contributed by atoms with Crippen molar-refractivity contribution in [2.45, 2.75) is 57.7 Å². The number of quaternary nitrogens is 1. The predicted octanol–water partition coefficient (Wildman–Crippen LogP) is 2.41. The normalized spacial score (nSPS) is 18.8. The third kappa shape index (κ3) is 3.97. The number of benzene rings is 1. The Bertz CT molecular complexity index is 458. The van der Waals surface area contributed by atoms with Crippen molar-refractivity contribution in [1.82, 2.24) is 5.32 Å². The van der Waals surface area contributed by atoms with E-state index in [1.54, 1.807) is 0 Å². The van der Waals surface area contributed by atoms with Crippen LogP contribution in [0.2, 0.25) is 5.02 Å². The fourth-order valence-electron chi connectivity index (χ4n) is 2.87. The smallest absolute Gasteiger partial charge is 0.278 e. The number of halogens is 1. The maximum Gasteiger partial charge on any atom is 0.278 e. The van der Waals surface area contributed by atoms with Gasteiger partial charge in [0.25, 0.3) is 5.91 Å². The van der Waals surface area contributed by atoms with E-state index in [-0.39, 0.29) is 18.0 Å². The third-order valence-electron chi connectivity index (χ3n) is 4.09. The molecule has 1 saturated carbocycles. The molecule has 1 aromatic carbocycles. The highest BCUT2D eigenvalue weighted by atomic mass is 35.5. The molecule has 0 aliphatic heterocycles. The summed E-state index contributed by atoms with van der Waals surface area (Å²) in [5, 5.41) is 5.99. The van der Waals surface area contributed by atoms with Gasteiger partial charge >= 0.3 is 0 Å². The standard InChI is InChI=1S/C16H23ClN2O/c1-11(14-9-5-6-10-15(14)17)18-12(2)16(20)19-13-7-3-4-8-13/h5-6,9-13,18H,3-4,7-8H2,1-2H3,(H,19,20)/p+1/t11-,12-/m0/s1. The number of nitrogens with one attached hydrogen (secondary N) is 1.